The van der Waals surface area contributed by atoms with Crippen LogP contribution in [0.2, 0.25) is 0 Å². The van der Waals surface area contributed by atoms with Gasteiger partial charge in [-0.05, 0) is 64.1 Å². The fraction of sp³-hybridized carbons (Fsp3) is 0.222. The van der Waals surface area contributed by atoms with Crippen molar-refractivity contribution in [3.05, 3.63) is 101 Å². The van der Waals surface area contributed by atoms with Gasteiger partial charge in [-0.3, -0.25) is 9.59 Å². The van der Waals surface area contributed by atoms with E-state index in [-0.39, 0.29) is 11.3 Å². The van der Waals surface area contributed by atoms with E-state index in [1.807, 2.05) is 39.8 Å². The van der Waals surface area contributed by atoms with Gasteiger partial charge in [-0.2, -0.15) is 23.3 Å². The molecular formula is C27H26F3N3O2. The van der Waals surface area contributed by atoms with Crippen LogP contribution in [0.4, 0.5) is 18.9 Å². The number of anilines is 1. The molecule has 0 heterocycles. The van der Waals surface area contributed by atoms with Crippen LogP contribution in [0.15, 0.2) is 84.0 Å². The summed E-state index contributed by atoms with van der Waals surface area (Å²) < 4.78 is 39.0. The van der Waals surface area contributed by atoms with Crippen molar-refractivity contribution in [2.45, 2.75) is 39.4 Å². The molecule has 0 aliphatic rings. The Morgan fingerprint density at radius 1 is 0.800 bits per heavy atom. The van der Waals surface area contributed by atoms with E-state index in [9.17, 15) is 22.8 Å². The Hall–Kier alpha value is -3.94. The highest BCUT2D eigenvalue weighted by Crippen LogP contribution is 2.29. The number of alkyl halides is 3. The number of benzene rings is 3. The third-order valence-corrected chi connectivity index (χ3v) is 4.88. The number of hydrogen-bond donors (Lipinski definition) is 1. The predicted octanol–water partition coefficient (Wildman–Crippen LogP) is 5.98. The van der Waals surface area contributed by atoms with Crippen LogP contribution < -0.4 is 10.3 Å². The summed E-state index contributed by atoms with van der Waals surface area (Å²) in [5.74, 6) is -1.18. The summed E-state index contributed by atoms with van der Waals surface area (Å²) in [6, 6.07) is 19.3. The van der Waals surface area contributed by atoms with E-state index in [2.05, 4.69) is 10.4 Å². The highest BCUT2D eigenvalue weighted by molar-refractivity contribution is 6.45. The number of nitrogens with one attached hydrogen (secondary N) is 1. The van der Waals surface area contributed by atoms with Gasteiger partial charge in [0.25, 0.3) is 11.8 Å². The largest absolute Gasteiger partial charge is 0.416 e. The van der Waals surface area contributed by atoms with E-state index in [0.717, 1.165) is 34.8 Å². The molecule has 0 aromatic heterocycles. The second kappa shape index (κ2) is 10.1. The van der Waals surface area contributed by atoms with Crippen LogP contribution in [0.3, 0.4) is 0 Å². The van der Waals surface area contributed by atoms with Gasteiger partial charge in [0.2, 0.25) is 0 Å². The minimum absolute atomic E-state index is 0.00918. The van der Waals surface area contributed by atoms with E-state index in [1.165, 1.54) is 0 Å². The standard InChI is InChI=1S/C27H26F3N3O2/c1-18-10-12-19(13-11-18)23(24(34)31-26(2,3)4)32-33(22-8-6-5-7-9-22)25(35)20-14-16-21(17-15-20)27(28,29)30/h5-17H,1-4H3,(H,31,34)/b32-23-. The van der Waals surface area contributed by atoms with Gasteiger partial charge in [0, 0.05) is 16.7 Å². The number of halogens is 3. The molecule has 0 spiro atoms. The number of aryl methyl sites for hydroxylation is 1. The maximum atomic E-state index is 13.4. The van der Waals surface area contributed by atoms with Crippen molar-refractivity contribution in [1.82, 2.24) is 5.32 Å². The topological polar surface area (TPSA) is 61.8 Å². The van der Waals surface area contributed by atoms with Crippen molar-refractivity contribution in [2.75, 3.05) is 5.01 Å². The van der Waals surface area contributed by atoms with Gasteiger partial charge in [0.1, 0.15) is 0 Å². The summed E-state index contributed by atoms with van der Waals surface area (Å²) in [5, 5.41) is 8.33. The molecule has 0 fully saturated rings. The third kappa shape index (κ3) is 6.79. The van der Waals surface area contributed by atoms with Crippen molar-refractivity contribution in [3.8, 4) is 0 Å². The second-order valence-electron chi connectivity index (χ2n) is 9.05. The normalized spacial score (nSPS) is 12.3. The van der Waals surface area contributed by atoms with E-state index < -0.39 is 29.1 Å². The molecule has 5 nitrogen and oxygen atoms in total. The SMILES string of the molecule is Cc1ccc(/C(=N/N(C(=O)c2ccc(C(F)(F)F)cc2)c2ccccc2)C(=O)NC(C)(C)C)cc1. The highest BCUT2D eigenvalue weighted by atomic mass is 19.4. The molecule has 2 amide bonds. The first-order valence-electron chi connectivity index (χ1n) is 10.9. The number of carbonyl (C=O) groups is 2. The van der Waals surface area contributed by atoms with Crippen LogP contribution in [0.5, 0.6) is 0 Å². The van der Waals surface area contributed by atoms with Crippen LogP contribution in [0.1, 0.15) is 47.8 Å². The second-order valence-corrected chi connectivity index (χ2v) is 9.05. The van der Waals surface area contributed by atoms with Crippen LogP contribution in [-0.4, -0.2) is 23.1 Å². The number of hydrogen-bond acceptors (Lipinski definition) is 3. The fourth-order valence-electron chi connectivity index (χ4n) is 3.16. The molecule has 0 unspecified atom stereocenters. The van der Waals surface area contributed by atoms with Crippen molar-refractivity contribution in [2.24, 2.45) is 5.10 Å². The maximum absolute atomic E-state index is 13.4. The maximum Gasteiger partial charge on any atom is 0.416 e. The average molecular weight is 482 g/mol. The minimum atomic E-state index is -4.53. The molecule has 8 heteroatoms. The summed E-state index contributed by atoms with van der Waals surface area (Å²) >= 11 is 0. The molecule has 3 rings (SSSR count). The Morgan fingerprint density at radius 3 is 1.86 bits per heavy atom. The molecule has 0 radical (unpaired) electrons. The van der Waals surface area contributed by atoms with Crippen LogP contribution in [0.25, 0.3) is 0 Å². The molecule has 0 aliphatic carbocycles. The minimum Gasteiger partial charge on any atom is -0.346 e. The van der Waals surface area contributed by atoms with E-state index in [1.54, 1.807) is 42.5 Å². The number of amides is 2. The van der Waals surface area contributed by atoms with Crippen molar-refractivity contribution < 1.29 is 22.8 Å². The molecule has 0 bridgehead atoms. The number of nitrogens with zero attached hydrogens (tertiary/aromatic N) is 2. The van der Waals surface area contributed by atoms with Gasteiger partial charge in [0.15, 0.2) is 5.71 Å². The Morgan fingerprint density at radius 2 is 1.34 bits per heavy atom. The smallest absolute Gasteiger partial charge is 0.346 e. The number of rotatable bonds is 5. The lowest BCUT2D eigenvalue weighted by Crippen LogP contribution is -2.45. The molecule has 0 saturated heterocycles. The van der Waals surface area contributed by atoms with Crippen LogP contribution in [0, 0.1) is 6.92 Å². The molecular weight excluding hydrogens is 455 g/mol. The number of carbonyl (C=O) groups excluding carboxylic acids is 2. The van der Waals surface area contributed by atoms with Gasteiger partial charge in [0.05, 0.1) is 11.3 Å². The molecule has 0 aliphatic heterocycles. The molecule has 35 heavy (non-hydrogen) atoms. The first-order valence-corrected chi connectivity index (χ1v) is 10.9. The molecule has 3 aromatic rings. The van der Waals surface area contributed by atoms with E-state index in [0.29, 0.717) is 11.3 Å². The predicted molar refractivity (Wildman–Crippen MR) is 130 cm³/mol. The highest BCUT2D eigenvalue weighted by Gasteiger charge is 2.31. The van der Waals surface area contributed by atoms with E-state index >= 15 is 0 Å². The Kier molecular flexibility index (Phi) is 7.43. The van der Waals surface area contributed by atoms with Crippen LogP contribution in [-0.2, 0) is 11.0 Å². The monoisotopic (exact) mass is 481 g/mol. The first kappa shape index (κ1) is 25.7. The lowest BCUT2D eigenvalue weighted by atomic mass is 10.0. The number of hydrazone groups is 1. The summed E-state index contributed by atoms with van der Waals surface area (Å²) in [6.07, 6.45) is -4.53. The molecule has 3 aromatic carbocycles. The van der Waals surface area contributed by atoms with Crippen molar-refractivity contribution in [1.29, 1.82) is 0 Å². The summed E-state index contributed by atoms with van der Waals surface area (Å²) in [4.78, 5) is 26.7. The fourth-order valence-corrected chi connectivity index (χ4v) is 3.16. The zero-order chi connectivity index (χ0) is 25.8. The first-order chi connectivity index (χ1) is 16.3. The average Bonchev–Trinajstić information content (AvgIpc) is 2.79. The summed E-state index contributed by atoms with van der Waals surface area (Å²) in [7, 11) is 0. The van der Waals surface area contributed by atoms with Crippen molar-refractivity contribution in [3.63, 3.8) is 0 Å². The van der Waals surface area contributed by atoms with Crippen LogP contribution >= 0.6 is 0 Å². The lowest BCUT2D eigenvalue weighted by molar-refractivity contribution is -0.137. The number of para-hydroxylation sites is 1. The molecule has 0 atom stereocenters. The van der Waals surface area contributed by atoms with Gasteiger partial charge < -0.3 is 5.32 Å². The molecule has 1 N–H and O–H groups in total. The van der Waals surface area contributed by atoms with Gasteiger partial charge in [-0.25, -0.2) is 0 Å². The Bertz CT molecular complexity index is 1210. The zero-order valence-electron chi connectivity index (χ0n) is 19.9. The molecule has 0 saturated carbocycles. The van der Waals surface area contributed by atoms with Crippen molar-refractivity contribution >= 4 is 23.2 Å². The molecule has 182 valence electrons. The zero-order valence-corrected chi connectivity index (χ0v) is 19.9. The van der Waals surface area contributed by atoms with Gasteiger partial charge in [-0.15, -0.1) is 0 Å². The Balaban J connectivity index is 2.13. The summed E-state index contributed by atoms with van der Waals surface area (Å²) in [5.41, 5.74) is 0.356. The van der Waals surface area contributed by atoms with Gasteiger partial charge >= 0.3 is 6.18 Å². The quantitative estimate of drug-likeness (QED) is 0.360. The Labute approximate surface area is 202 Å². The van der Waals surface area contributed by atoms with Gasteiger partial charge in [-0.1, -0.05) is 48.0 Å². The third-order valence-electron chi connectivity index (χ3n) is 4.88. The van der Waals surface area contributed by atoms with E-state index in [4.69, 9.17) is 0 Å². The summed E-state index contributed by atoms with van der Waals surface area (Å²) in [6.45, 7) is 7.36. The lowest BCUT2D eigenvalue weighted by Gasteiger charge is -2.23.